The molecule has 2 N–H and O–H groups in total. The quantitative estimate of drug-likeness (QED) is 0.891. The summed E-state index contributed by atoms with van der Waals surface area (Å²) in [5.74, 6) is 0.594. The van der Waals surface area contributed by atoms with Crippen LogP contribution in [-0.2, 0) is 0 Å². The van der Waals surface area contributed by atoms with Crippen LogP contribution in [0.3, 0.4) is 0 Å². The monoisotopic (exact) mass is 272 g/mol. The van der Waals surface area contributed by atoms with Crippen molar-refractivity contribution in [1.82, 2.24) is 20.4 Å². The predicted octanol–water partition coefficient (Wildman–Crippen LogP) is 1.55. The van der Waals surface area contributed by atoms with Gasteiger partial charge in [0.25, 0.3) is 5.91 Å². The van der Waals surface area contributed by atoms with Crippen LogP contribution in [0.4, 0.5) is 0 Å². The van der Waals surface area contributed by atoms with Gasteiger partial charge in [0.05, 0.1) is 5.52 Å². The summed E-state index contributed by atoms with van der Waals surface area (Å²) in [6, 6.07) is 6.02. The van der Waals surface area contributed by atoms with Gasteiger partial charge in [-0.2, -0.15) is 5.10 Å². The summed E-state index contributed by atoms with van der Waals surface area (Å²) >= 11 is 0. The van der Waals surface area contributed by atoms with Gasteiger partial charge >= 0.3 is 0 Å². The smallest absolute Gasteiger partial charge is 0.275 e. The summed E-state index contributed by atoms with van der Waals surface area (Å²) in [6.07, 6.45) is 1.06. The lowest BCUT2D eigenvalue weighted by Gasteiger charge is -2.15. The fourth-order valence-electron chi connectivity index (χ4n) is 2.91. The van der Waals surface area contributed by atoms with Gasteiger partial charge in [-0.05, 0) is 45.0 Å². The highest BCUT2D eigenvalue weighted by Gasteiger charge is 2.28. The second-order valence-corrected chi connectivity index (χ2v) is 5.58. The second kappa shape index (κ2) is 5.25. The molecule has 5 nitrogen and oxygen atoms in total. The van der Waals surface area contributed by atoms with E-state index in [1.54, 1.807) is 0 Å². The molecule has 3 rings (SSSR count). The third-order valence-corrected chi connectivity index (χ3v) is 3.99. The van der Waals surface area contributed by atoms with Gasteiger partial charge in [0, 0.05) is 18.5 Å². The lowest BCUT2D eigenvalue weighted by Crippen LogP contribution is -2.30. The number of aryl methyl sites for hydroxylation is 1. The number of nitrogens with zero attached hydrogens (tertiary/aromatic N) is 2. The number of carbonyl (C=O) groups excluding carboxylic acids is 1. The SMILES string of the molecule is CNCC1CCN(C(=O)c2n[nH]c3ccc(C)cc23)C1. The van der Waals surface area contributed by atoms with Crippen molar-refractivity contribution < 1.29 is 4.79 Å². The molecule has 1 aromatic heterocycles. The molecule has 1 aliphatic rings. The minimum absolute atomic E-state index is 0.0421. The molecule has 1 aliphatic heterocycles. The Labute approximate surface area is 118 Å². The molecule has 0 spiro atoms. The van der Waals surface area contributed by atoms with Crippen molar-refractivity contribution in [3.8, 4) is 0 Å². The van der Waals surface area contributed by atoms with Crippen molar-refractivity contribution in [1.29, 1.82) is 0 Å². The molecule has 1 amide bonds. The molecular weight excluding hydrogens is 252 g/mol. The van der Waals surface area contributed by atoms with Crippen molar-refractivity contribution in [2.45, 2.75) is 13.3 Å². The van der Waals surface area contributed by atoms with Crippen LogP contribution in [0.1, 0.15) is 22.5 Å². The van der Waals surface area contributed by atoms with Gasteiger partial charge in [0.1, 0.15) is 0 Å². The number of aromatic nitrogens is 2. The third-order valence-electron chi connectivity index (χ3n) is 3.99. The normalized spacial score (nSPS) is 18.9. The fourth-order valence-corrected chi connectivity index (χ4v) is 2.91. The summed E-state index contributed by atoms with van der Waals surface area (Å²) in [4.78, 5) is 14.5. The number of likely N-dealkylation sites (tertiary alicyclic amines) is 1. The maximum atomic E-state index is 12.6. The largest absolute Gasteiger partial charge is 0.337 e. The lowest BCUT2D eigenvalue weighted by atomic mass is 10.1. The van der Waals surface area contributed by atoms with Crippen molar-refractivity contribution in [3.63, 3.8) is 0 Å². The van der Waals surface area contributed by atoms with Gasteiger partial charge in [0.15, 0.2) is 5.69 Å². The number of hydrogen-bond donors (Lipinski definition) is 2. The Bertz CT molecular complexity index is 634. The molecule has 5 heteroatoms. The molecule has 0 aliphatic carbocycles. The molecule has 1 aromatic carbocycles. The average Bonchev–Trinajstić information content (AvgIpc) is 3.05. The molecule has 2 heterocycles. The summed E-state index contributed by atoms with van der Waals surface area (Å²) in [5, 5.41) is 11.3. The van der Waals surface area contributed by atoms with E-state index in [1.165, 1.54) is 0 Å². The van der Waals surface area contributed by atoms with Crippen molar-refractivity contribution in [3.05, 3.63) is 29.5 Å². The van der Waals surface area contributed by atoms with Crippen LogP contribution in [0.2, 0.25) is 0 Å². The Balaban J connectivity index is 1.84. The third kappa shape index (κ3) is 2.29. The fraction of sp³-hybridized carbons (Fsp3) is 0.467. The summed E-state index contributed by atoms with van der Waals surface area (Å²) in [6.45, 7) is 4.63. The van der Waals surface area contributed by atoms with Gasteiger partial charge in [-0.3, -0.25) is 9.89 Å². The molecule has 106 valence electrons. The van der Waals surface area contributed by atoms with Crippen LogP contribution in [-0.4, -0.2) is 47.7 Å². The Morgan fingerprint density at radius 3 is 3.20 bits per heavy atom. The summed E-state index contributed by atoms with van der Waals surface area (Å²) in [7, 11) is 1.95. The van der Waals surface area contributed by atoms with Crippen molar-refractivity contribution >= 4 is 16.8 Å². The zero-order chi connectivity index (χ0) is 14.1. The first-order valence-electron chi connectivity index (χ1n) is 7.07. The average molecular weight is 272 g/mol. The van der Waals surface area contributed by atoms with E-state index >= 15 is 0 Å². The number of nitrogens with one attached hydrogen (secondary N) is 2. The van der Waals surface area contributed by atoms with Gasteiger partial charge in [-0.1, -0.05) is 11.6 Å². The van der Waals surface area contributed by atoms with Gasteiger partial charge < -0.3 is 10.2 Å². The summed E-state index contributed by atoms with van der Waals surface area (Å²) < 4.78 is 0. The molecule has 1 atom stereocenters. The zero-order valence-corrected chi connectivity index (χ0v) is 11.9. The van der Waals surface area contributed by atoms with E-state index < -0.39 is 0 Å². The number of hydrogen-bond acceptors (Lipinski definition) is 3. The molecule has 1 fully saturated rings. The highest BCUT2D eigenvalue weighted by Crippen LogP contribution is 2.22. The molecule has 0 radical (unpaired) electrons. The van der Waals surface area contributed by atoms with Gasteiger partial charge in [0.2, 0.25) is 0 Å². The highest BCUT2D eigenvalue weighted by atomic mass is 16.2. The number of amides is 1. The van der Waals surface area contributed by atoms with Crippen LogP contribution >= 0.6 is 0 Å². The molecule has 2 aromatic rings. The number of H-pyrrole nitrogens is 1. The van der Waals surface area contributed by atoms with E-state index in [0.29, 0.717) is 11.6 Å². The zero-order valence-electron chi connectivity index (χ0n) is 11.9. The molecule has 1 unspecified atom stereocenters. The number of rotatable bonds is 3. The maximum absolute atomic E-state index is 12.6. The minimum atomic E-state index is 0.0421. The van der Waals surface area contributed by atoms with E-state index in [-0.39, 0.29) is 5.91 Å². The first-order valence-corrected chi connectivity index (χ1v) is 7.07. The van der Waals surface area contributed by atoms with E-state index in [9.17, 15) is 4.79 Å². The summed E-state index contributed by atoms with van der Waals surface area (Å²) in [5.41, 5.74) is 2.61. The van der Waals surface area contributed by atoms with Crippen molar-refractivity contribution in [2.75, 3.05) is 26.7 Å². The topological polar surface area (TPSA) is 61.0 Å². The number of fused-ring (bicyclic) bond motifs is 1. The number of benzene rings is 1. The van der Waals surface area contributed by atoms with E-state index in [0.717, 1.165) is 42.5 Å². The highest BCUT2D eigenvalue weighted by molar-refractivity contribution is 6.04. The van der Waals surface area contributed by atoms with Crippen molar-refractivity contribution in [2.24, 2.45) is 5.92 Å². The van der Waals surface area contributed by atoms with Crippen LogP contribution in [0.5, 0.6) is 0 Å². The van der Waals surface area contributed by atoms with Crippen LogP contribution in [0, 0.1) is 12.8 Å². The van der Waals surface area contributed by atoms with E-state index in [4.69, 9.17) is 0 Å². The van der Waals surface area contributed by atoms with Gasteiger partial charge in [-0.25, -0.2) is 0 Å². The van der Waals surface area contributed by atoms with E-state index in [2.05, 4.69) is 15.5 Å². The maximum Gasteiger partial charge on any atom is 0.275 e. The molecule has 0 bridgehead atoms. The van der Waals surface area contributed by atoms with Gasteiger partial charge in [-0.15, -0.1) is 0 Å². The predicted molar refractivity (Wildman–Crippen MR) is 78.8 cm³/mol. The molecule has 1 saturated heterocycles. The standard InChI is InChI=1S/C15H20N4O/c1-10-3-4-13-12(7-10)14(18-17-13)15(20)19-6-5-11(9-19)8-16-2/h3-4,7,11,16H,5-6,8-9H2,1-2H3,(H,17,18). The first-order chi connectivity index (χ1) is 9.69. The minimum Gasteiger partial charge on any atom is -0.337 e. The molecule has 20 heavy (non-hydrogen) atoms. The van der Waals surface area contributed by atoms with Crippen LogP contribution in [0.15, 0.2) is 18.2 Å². The van der Waals surface area contributed by atoms with Crippen LogP contribution in [0.25, 0.3) is 10.9 Å². The number of aromatic amines is 1. The Morgan fingerprint density at radius 2 is 2.40 bits per heavy atom. The Kier molecular flexibility index (Phi) is 3.44. The Hall–Kier alpha value is -1.88. The molecule has 0 saturated carbocycles. The van der Waals surface area contributed by atoms with E-state index in [1.807, 2.05) is 37.1 Å². The first kappa shape index (κ1) is 13.1. The number of carbonyl (C=O) groups is 1. The second-order valence-electron chi connectivity index (χ2n) is 5.58. The molecular formula is C15H20N4O. The lowest BCUT2D eigenvalue weighted by molar-refractivity contribution is 0.0783. The Morgan fingerprint density at radius 1 is 1.55 bits per heavy atom. The van der Waals surface area contributed by atoms with Crippen LogP contribution < -0.4 is 5.32 Å².